The first-order valence-electron chi connectivity index (χ1n) is 19.0. The third-order valence-electron chi connectivity index (χ3n) is 6.80. The summed E-state index contributed by atoms with van der Waals surface area (Å²) in [5.41, 5.74) is -2.91. The van der Waals surface area contributed by atoms with E-state index in [2.05, 4.69) is 37.2 Å². The number of rotatable bonds is 20. The molecular formula is C37H69N7O12. The summed E-state index contributed by atoms with van der Waals surface area (Å²) in [5.74, 6) is -1.02. The second-order valence-electron chi connectivity index (χ2n) is 17.3. The third-order valence-corrected chi connectivity index (χ3v) is 6.80. The highest BCUT2D eigenvalue weighted by atomic mass is 16.6. The van der Waals surface area contributed by atoms with Crippen molar-refractivity contribution in [2.75, 3.05) is 26.2 Å². The number of amides is 7. The lowest BCUT2D eigenvalue weighted by Crippen LogP contribution is -2.48. The average molecular weight is 804 g/mol. The maximum Gasteiger partial charge on any atom is 0.407 e. The van der Waals surface area contributed by atoms with E-state index in [9.17, 15) is 38.7 Å². The number of alkyl carbamates (subject to hydrolysis) is 4. The minimum Gasteiger partial charge on any atom is -0.465 e. The van der Waals surface area contributed by atoms with Gasteiger partial charge in [0.2, 0.25) is 11.8 Å². The fourth-order valence-corrected chi connectivity index (χ4v) is 4.70. The maximum atomic E-state index is 13.2. The van der Waals surface area contributed by atoms with E-state index in [-0.39, 0.29) is 51.9 Å². The number of hydrogen-bond donors (Lipinski definition) is 8. The second kappa shape index (κ2) is 24.0. The Kier molecular flexibility index (Phi) is 22.0. The Hall–Kier alpha value is -4.71. The smallest absolute Gasteiger partial charge is 0.407 e. The lowest BCUT2D eigenvalue weighted by molar-refractivity contribution is -0.123. The first kappa shape index (κ1) is 51.3. The van der Waals surface area contributed by atoms with Gasteiger partial charge in [0.15, 0.2) is 0 Å². The molecule has 19 heteroatoms. The second-order valence-corrected chi connectivity index (χ2v) is 17.3. The van der Waals surface area contributed by atoms with E-state index in [1.807, 2.05) is 0 Å². The zero-order chi connectivity index (χ0) is 43.3. The summed E-state index contributed by atoms with van der Waals surface area (Å²) in [6, 6.07) is -2.38. The summed E-state index contributed by atoms with van der Waals surface area (Å²) < 4.78 is 21.2. The molecule has 56 heavy (non-hydrogen) atoms. The molecule has 0 fully saturated rings. The van der Waals surface area contributed by atoms with Crippen LogP contribution >= 0.6 is 0 Å². The van der Waals surface area contributed by atoms with Crippen LogP contribution in [0.3, 0.4) is 0 Å². The Morgan fingerprint density at radius 1 is 0.482 bits per heavy atom. The highest BCUT2D eigenvalue weighted by molar-refractivity contribution is 5.85. The maximum absolute atomic E-state index is 13.2. The summed E-state index contributed by atoms with van der Waals surface area (Å²) >= 11 is 0. The van der Waals surface area contributed by atoms with Crippen LogP contribution in [0.5, 0.6) is 0 Å². The topological polar surface area (TPSA) is 261 Å². The molecule has 8 N–H and O–H groups in total. The van der Waals surface area contributed by atoms with Crippen molar-refractivity contribution in [2.24, 2.45) is 0 Å². The van der Waals surface area contributed by atoms with E-state index in [0.29, 0.717) is 19.3 Å². The minimum atomic E-state index is -1.39. The zero-order valence-corrected chi connectivity index (χ0v) is 35.4. The molecule has 0 heterocycles. The molecule has 0 aromatic rings. The Morgan fingerprint density at radius 2 is 0.857 bits per heavy atom. The normalized spacial score (nSPS) is 13.4. The fraction of sp³-hybridized carbons (Fsp3) is 0.811. The predicted molar refractivity (Wildman–Crippen MR) is 208 cm³/mol. The van der Waals surface area contributed by atoms with Gasteiger partial charge in [-0.05, 0) is 122 Å². The molecule has 324 valence electrons. The number of ether oxygens (including phenoxy) is 4. The van der Waals surface area contributed by atoms with E-state index in [4.69, 9.17) is 18.9 Å². The van der Waals surface area contributed by atoms with Crippen molar-refractivity contribution < 1.29 is 57.6 Å². The quantitative estimate of drug-likeness (QED) is 0.0629. The van der Waals surface area contributed by atoms with E-state index in [0.717, 1.165) is 0 Å². The predicted octanol–water partition coefficient (Wildman–Crippen LogP) is 4.42. The van der Waals surface area contributed by atoms with Crippen molar-refractivity contribution in [3.63, 3.8) is 0 Å². The summed E-state index contributed by atoms with van der Waals surface area (Å²) in [4.78, 5) is 86.5. The summed E-state index contributed by atoms with van der Waals surface area (Å²) in [6.07, 6.45) is -2.46. The number of carboxylic acid groups (broad SMARTS) is 1. The van der Waals surface area contributed by atoms with Gasteiger partial charge in [0.25, 0.3) is 0 Å². The minimum absolute atomic E-state index is 0.0188. The molecule has 0 aliphatic carbocycles. The van der Waals surface area contributed by atoms with Crippen molar-refractivity contribution in [1.82, 2.24) is 37.2 Å². The first-order chi connectivity index (χ1) is 25.5. The summed E-state index contributed by atoms with van der Waals surface area (Å²) in [6.45, 7) is 21.2. The number of carbonyl (C=O) groups is 7. The molecule has 0 spiro atoms. The number of nitrogens with one attached hydrogen (secondary N) is 7. The van der Waals surface area contributed by atoms with Gasteiger partial charge >= 0.3 is 30.5 Å². The van der Waals surface area contributed by atoms with Crippen molar-refractivity contribution in [3.05, 3.63) is 0 Å². The van der Waals surface area contributed by atoms with Crippen LogP contribution in [-0.4, -0.2) is 114 Å². The Bertz CT molecular complexity index is 1280. The average Bonchev–Trinajstić information content (AvgIpc) is 2.97. The lowest BCUT2D eigenvalue weighted by atomic mass is 10.1. The van der Waals surface area contributed by atoms with Crippen molar-refractivity contribution in [3.8, 4) is 0 Å². The molecular weight excluding hydrogens is 734 g/mol. The molecule has 0 aliphatic heterocycles. The van der Waals surface area contributed by atoms with Gasteiger partial charge in [-0.25, -0.2) is 24.0 Å². The molecule has 0 aliphatic rings. The van der Waals surface area contributed by atoms with E-state index in [1.54, 1.807) is 83.1 Å². The van der Waals surface area contributed by atoms with Gasteiger partial charge in [0, 0.05) is 44.7 Å². The fourth-order valence-electron chi connectivity index (χ4n) is 4.70. The monoisotopic (exact) mass is 804 g/mol. The van der Waals surface area contributed by atoms with E-state index < -0.39 is 82.8 Å². The molecule has 0 saturated carbocycles. The number of carbonyl (C=O) groups excluding carboxylic acids is 6. The van der Waals surface area contributed by atoms with Gasteiger partial charge in [-0.3, -0.25) is 9.59 Å². The largest absolute Gasteiger partial charge is 0.465 e. The van der Waals surface area contributed by atoms with Gasteiger partial charge in [-0.2, -0.15) is 0 Å². The van der Waals surface area contributed by atoms with Crippen LogP contribution in [0.4, 0.5) is 24.0 Å². The Balaban J connectivity index is 5.40. The van der Waals surface area contributed by atoms with Crippen LogP contribution in [-0.2, 0) is 28.5 Å². The standard InChI is InChI=1S/C37H69N7O12/c1-34(2,3)53-30(49)39-20-14-17-25(43-33(52)56-37(10,11)12)23-41-27(45)22-24(42-32(51)55-36(7,8)9)16-13-19-38-28(46)26(44-29(47)48)18-15-21-40-31(50)54-35(4,5)6/h24-26,44H,13-23H2,1-12H3,(H,38,46)(H,39,49)(H,40,50)(H,41,45)(H,42,51)(H,43,52)(H,47,48)/t24-,25-,26-/m0/s1. The van der Waals surface area contributed by atoms with Crippen LogP contribution in [0.1, 0.15) is 128 Å². The van der Waals surface area contributed by atoms with E-state index >= 15 is 0 Å². The zero-order valence-electron chi connectivity index (χ0n) is 35.4. The van der Waals surface area contributed by atoms with Crippen LogP contribution in [0.25, 0.3) is 0 Å². The molecule has 0 bridgehead atoms. The highest BCUT2D eigenvalue weighted by Crippen LogP contribution is 2.12. The summed E-state index contributed by atoms with van der Waals surface area (Å²) in [7, 11) is 0. The number of hydrogen-bond acceptors (Lipinski definition) is 11. The molecule has 0 radical (unpaired) electrons. The van der Waals surface area contributed by atoms with Crippen LogP contribution in [0.2, 0.25) is 0 Å². The van der Waals surface area contributed by atoms with Gasteiger partial charge in [-0.1, -0.05) is 0 Å². The van der Waals surface area contributed by atoms with Crippen LogP contribution in [0.15, 0.2) is 0 Å². The Morgan fingerprint density at radius 3 is 1.29 bits per heavy atom. The molecule has 0 saturated heterocycles. The van der Waals surface area contributed by atoms with Gasteiger partial charge < -0.3 is 61.3 Å². The molecule has 0 unspecified atom stereocenters. The van der Waals surface area contributed by atoms with Gasteiger partial charge in [0.1, 0.15) is 28.4 Å². The molecule has 0 rings (SSSR count). The third kappa shape index (κ3) is 30.6. The molecule has 0 aromatic carbocycles. The first-order valence-corrected chi connectivity index (χ1v) is 19.0. The van der Waals surface area contributed by atoms with Crippen molar-refractivity contribution in [1.29, 1.82) is 0 Å². The van der Waals surface area contributed by atoms with Gasteiger partial charge in [-0.15, -0.1) is 0 Å². The highest BCUT2D eigenvalue weighted by Gasteiger charge is 2.25. The molecule has 7 amide bonds. The van der Waals surface area contributed by atoms with Crippen LogP contribution in [0, 0.1) is 0 Å². The van der Waals surface area contributed by atoms with Crippen molar-refractivity contribution in [2.45, 2.75) is 169 Å². The lowest BCUT2D eigenvalue weighted by Gasteiger charge is -2.25. The molecule has 0 aromatic heterocycles. The summed E-state index contributed by atoms with van der Waals surface area (Å²) in [5, 5.41) is 27.6. The molecule has 3 atom stereocenters. The van der Waals surface area contributed by atoms with Gasteiger partial charge in [0.05, 0.1) is 0 Å². The van der Waals surface area contributed by atoms with E-state index in [1.165, 1.54) is 0 Å². The van der Waals surface area contributed by atoms with Crippen molar-refractivity contribution >= 4 is 42.3 Å². The SMILES string of the molecule is CC(C)(C)OC(=O)NCCC[C@@H](CNC(=O)C[C@H](CCCNC(=O)[C@H](CCCNC(=O)OC(C)(C)C)NC(=O)O)NC(=O)OC(C)(C)C)NC(=O)OC(C)(C)C. The molecule has 19 nitrogen and oxygen atoms in total. The van der Waals surface area contributed by atoms with Crippen LogP contribution < -0.4 is 37.2 Å². The Labute approximate surface area is 331 Å².